The molecule has 11 heavy (non-hydrogen) atoms. The van der Waals surface area contributed by atoms with E-state index in [1.807, 2.05) is 0 Å². The topological polar surface area (TPSA) is 0 Å². The third-order valence-electron chi connectivity index (χ3n) is 2.89. The van der Waals surface area contributed by atoms with Crippen LogP contribution in [0.3, 0.4) is 0 Å². The van der Waals surface area contributed by atoms with Gasteiger partial charge >= 0.3 is 0 Å². The van der Waals surface area contributed by atoms with E-state index in [-0.39, 0.29) is 0 Å². The second-order valence-electron chi connectivity index (χ2n) is 3.66. The Morgan fingerprint density at radius 1 is 1.27 bits per heavy atom. The standard InChI is InChI=1S/C10H22P/c1-3-5-8-11(4-2)9-6-7-10-11/h3-10H2,1-2H3/q+1/i8D. The Morgan fingerprint density at radius 3 is 2.36 bits per heavy atom. The van der Waals surface area contributed by atoms with E-state index in [4.69, 9.17) is 1.37 Å². The summed E-state index contributed by atoms with van der Waals surface area (Å²) in [6, 6.07) is 0. The molecule has 0 nitrogen and oxygen atoms in total. The molecule has 1 fully saturated rings. The molecule has 1 saturated heterocycles. The van der Waals surface area contributed by atoms with Crippen LogP contribution in [0, 0.1) is 0 Å². The maximum absolute atomic E-state index is 8.17. The van der Waals surface area contributed by atoms with Crippen molar-refractivity contribution in [3.8, 4) is 0 Å². The molecule has 0 spiro atoms. The van der Waals surface area contributed by atoms with Crippen LogP contribution in [0.2, 0.25) is 0 Å². The molecule has 1 atom stereocenters. The Balaban J connectivity index is 2.52. The highest BCUT2D eigenvalue weighted by Gasteiger charge is 2.37. The fourth-order valence-corrected chi connectivity index (χ4v) is 5.99. The van der Waals surface area contributed by atoms with Gasteiger partial charge in [0.1, 0.15) is 0 Å². The van der Waals surface area contributed by atoms with Gasteiger partial charge in [0.15, 0.2) is 0 Å². The van der Waals surface area contributed by atoms with Crippen molar-refractivity contribution in [1.29, 1.82) is 0 Å². The van der Waals surface area contributed by atoms with Crippen LogP contribution in [0.4, 0.5) is 0 Å². The Kier molecular flexibility index (Phi) is 3.26. The second kappa shape index (κ2) is 4.45. The van der Waals surface area contributed by atoms with Crippen molar-refractivity contribution < 1.29 is 1.37 Å². The quantitative estimate of drug-likeness (QED) is 0.571. The van der Waals surface area contributed by atoms with Crippen molar-refractivity contribution in [1.82, 2.24) is 0 Å². The third kappa shape index (κ3) is 2.44. The molecule has 0 aliphatic carbocycles. The summed E-state index contributed by atoms with van der Waals surface area (Å²) >= 11 is 0. The van der Waals surface area contributed by atoms with Gasteiger partial charge in [-0.2, -0.15) is 0 Å². The summed E-state index contributed by atoms with van der Waals surface area (Å²) < 4.78 is 8.17. The van der Waals surface area contributed by atoms with Crippen molar-refractivity contribution >= 4 is 7.26 Å². The summed E-state index contributed by atoms with van der Waals surface area (Å²) in [6.45, 7) is 4.53. The lowest BCUT2D eigenvalue weighted by atomic mass is 10.4. The van der Waals surface area contributed by atoms with E-state index in [1.165, 1.54) is 37.7 Å². The minimum atomic E-state index is -0.769. The molecule has 0 aromatic rings. The predicted molar refractivity (Wildman–Crippen MR) is 56.2 cm³/mol. The van der Waals surface area contributed by atoms with Crippen LogP contribution in [-0.4, -0.2) is 24.6 Å². The lowest BCUT2D eigenvalue weighted by molar-refractivity contribution is 0.885. The maximum Gasteiger partial charge on any atom is 0.0708 e. The van der Waals surface area contributed by atoms with E-state index in [0.717, 1.165) is 6.42 Å². The largest absolute Gasteiger partial charge is 0.0708 e. The smallest absolute Gasteiger partial charge is 0.0652 e. The fourth-order valence-electron chi connectivity index (χ4n) is 2.00. The highest BCUT2D eigenvalue weighted by Crippen LogP contribution is 2.63. The molecule has 0 amide bonds. The molecule has 0 aromatic carbocycles. The Morgan fingerprint density at radius 2 is 1.91 bits per heavy atom. The van der Waals surface area contributed by atoms with Crippen molar-refractivity contribution in [2.24, 2.45) is 0 Å². The molecule has 0 aromatic heterocycles. The lowest BCUT2D eigenvalue weighted by Gasteiger charge is -2.19. The van der Waals surface area contributed by atoms with Crippen LogP contribution in [0.5, 0.6) is 0 Å². The number of hydrogen-bond acceptors (Lipinski definition) is 0. The van der Waals surface area contributed by atoms with Crippen LogP contribution in [0.15, 0.2) is 0 Å². The van der Waals surface area contributed by atoms with Crippen molar-refractivity contribution in [3.05, 3.63) is 0 Å². The molecule has 1 aliphatic rings. The SMILES string of the molecule is [2H]C(CCC)[P+]1(CC)CCCC1. The first-order valence-electron chi connectivity index (χ1n) is 5.61. The molecular weight excluding hydrogens is 151 g/mol. The molecule has 1 unspecified atom stereocenters. The monoisotopic (exact) mass is 174 g/mol. The molecular formula is C10H22P+. The van der Waals surface area contributed by atoms with Crippen LogP contribution >= 0.6 is 7.26 Å². The summed E-state index contributed by atoms with van der Waals surface area (Å²) in [5.74, 6) is 0. The molecule has 66 valence electrons. The molecule has 1 aliphatic heterocycles. The van der Waals surface area contributed by atoms with Crippen molar-refractivity contribution in [2.45, 2.75) is 39.5 Å². The van der Waals surface area contributed by atoms with Crippen LogP contribution in [0.1, 0.15) is 40.9 Å². The zero-order valence-electron chi connectivity index (χ0n) is 8.97. The molecule has 1 heteroatoms. The van der Waals surface area contributed by atoms with Gasteiger partial charge in [-0.3, -0.25) is 0 Å². The van der Waals surface area contributed by atoms with Gasteiger partial charge in [-0.25, -0.2) is 0 Å². The summed E-state index contributed by atoms with van der Waals surface area (Å²) in [4.78, 5) is 0. The highest BCUT2D eigenvalue weighted by molar-refractivity contribution is 7.76. The number of hydrogen-bond donors (Lipinski definition) is 0. The summed E-state index contributed by atoms with van der Waals surface area (Å²) in [6.07, 6.45) is 9.71. The van der Waals surface area contributed by atoms with Crippen molar-refractivity contribution in [2.75, 3.05) is 24.6 Å². The van der Waals surface area contributed by atoms with Crippen LogP contribution in [0.25, 0.3) is 0 Å². The zero-order chi connectivity index (χ0) is 9.03. The van der Waals surface area contributed by atoms with Gasteiger partial charge in [0.2, 0.25) is 0 Å². The van der Waals surface area contributed by atoms with E-state index >= 15 is 0 Å². The van der Waals surface area contributed by atoms with E-state index in [2.05, 4.69) is 13.8 Å². The summed E-state index contributed by atoms with van der Waals surface area (Å²) in [5.41, 5.74) is 0. The average Bonchev–Trinajstić information content (AvgIpc) is 2.54. The van der Waals surface area contributed by atoms with E-state index in [9.17, 15) is 0 Å². The van der Waals surface area contributed by atoms with Gasteiger partial charge in [-0.15, -0.1) is 0 Å². The van der Waals surface area contributed by atoms with Gasteiger partial charge < -0.3 is 0 Å². The van der Waals surface area contributed by atoms with Crippen molar-refractivity contribution in [3.63, 3.8) is 0 Å². The number of rotatable bonds is 4. The minimum absolute atomic E-state index is 0.329. The average molecular weight is 174 g/mol. The molecule has 0 radical (unpaired) electrons. The van der Waals surface area contributed by atoms with Gasteiger partial charge in [-0.1, -0.05) is 13.3 Å². The Labute approximate surface area is 73.5 Å². The lowest BCUT2D eigenvalue weighted by Crippen LogP contribution is -2.03. The van der Waals surface area contributed by atoms with Gasteiger partial charge in [-0.05, 0) is 26.2 Å². The molecule has 0 bridgehead atoms. The normalized spacial score (nSPS) is 26.5. The van der Waals surface area contributed by atoms with E-state index in [1.54, 1.807) is 0 Å². The first kappa shape index (κ1) is 8.05. The second-order valence-corrected chi connectivity index (χ2v) is 7.99. The zero-order valence-corrected chi connectivity index (χ0v) is 8.87. The molecule has 0 N–H and O–H groups in total. The molecule has 1 rings (SSSR count). The molecule has 0 saturated carbocycles. The predicted octanol–water partition coefficient (Wildman–Crippen LogP) is 3.62. The van der Waals surface area contributed by atoms with Crippen LogP contribution in [-0.2, 0) is 0 Å². The minimum Gasteiger partial charge on any atom is -0.0652 e. The fraction of sp³-hybridized carbons (Fsp3) is 1.00. The first-order valence-corrected chi connectivity index (χ1v) is 7.44. The Bertz CT molecular complexity index is 130. The van der Waals surface area contributed by atoms with E-state index in [0.29, 0.717) is 6.14 Å². The first-order chi connectivity index (χ1) is 5.75. The van der Waals surface area contributed by atoms with Gasteiger partial charge in [0.25, 0.3) is 0 Å². The van der Waals surface area contributed by atoms with Gasteiger partial charge in [0.05, 0.1) is 26.0 Å². The van der Waals surface area contributed by atoms with E-state index < -0.39 is 7.26 Å². The van der Waals surface area contributed by atoms with Crippen LogP contribution < -0.4 is 0 Å². The Hall–Kier alpha value is 0.430. The highest BCUT2D eigenvalue weighted by atomic mass is 31.2. The maximum atomic E-state index is 8.17. The van der Waals surface area contributed by atoms with Gasteiger partial charge in [0, 0.05) is 7.26 Å². The summed E-state index contributed by atoms with van der Waals surface area (Å²) in [7, 11) is -0.769. The molecule has 1 heterocycles. The third-order valence-corrected chi connectivity index (χ3v) is 7.60. The summed E-state index contributed by atoms with van der Waals surface area (Å²) in [5, 5.41) is 0.